The third kappa shape index (κ3) is 4.79. The lowest BCUT2D eigenvalue weighted by Gasteiger charge is -2.12. The number of amides is 1. The Bertz CT molecular complexity index is 768. The average Bonchev–Trinajstić information content (AvgIpc) is 2.56. The van der Waals surface area contributed by atoms with E-state index in [-0.39, 0.29) is 17.4 Å². The van der Waals surface area contributed by atoms with Gasteiger partial charge in [-0.15, -0.1) is 0 Å². The minimum absolute atomic E-state index is 0.115. The van der Waals surface area contributed by atoms with Gasteiger partial charge in [0.15, 0.2) is 11.5 Å². The first-order valence-electron chi connectivity index (χ1n) is 7.59. The molecule has 0 saturated heterocycles. The fraction of sp³-hybridized carbons (Fsp3) is 0.211. The van der Waals surface area contributed by atoms with Crippen molar-refractivity contribution < 1.29 is 23.0 Å². The molecule has 132 valence electrons. The van der Waals surface area contributed by atoms with E-state index in [1.165, 1.54) is 25.3 Å². The molecule has 4 nitrogen and oxygen atoms in total. The van der Waals surface area contributed by atoms with Crippen LogP contribution in [0.5, 0.6) is 11.5 Å². The first kappa shape index (κ1) is 18.4. The van der Waals surface area contributed by atoms with Crippen LogP contribution in [0, 0.1) is 13.8 Å². The lowest BCUT2D eigenvalue weighted by molar-refractivity contribution is -0.111. The van der Waals surface area contributed by atoms with Gasteiger partial charge in [-0.2, -0.15) is 8.78 Å². The van der Waals surface area contributed by atoms with Crippen LogP contribution in [0.4, 0.5) is 14.5 Å². The van der Waals surface area contributed by atoms with Crippen LogP contribution >= 0.6 is 0 Å². The predicted octanol–water partition coefficient (Wildman–Crippen LogP) is 4.57. The summed E-state index contributed by atoms with van der Waals surface area (Å²) in [5, 5.41) is 2.79. The third-order valence-corrected chi connectivity index (χ3v) is 3.58. The molecule has 0 aliphatic heterocycles. The summed E-state index contributed by atoms with van der Waals surface area (Å²) in [4.78, 5) is 12.2. The van der Waals surface area contributed by atoms with Gasteiger partial charge in [0.05, 0.1) is 7.11 Å². The number of carbonyl (C=O) groups is 1. The molecule has 0 saturated carbocycles. The van der Waals surface area contributed by atoms with Crippen molar-refractivity contribution in [1.29, 1.82) is 0 Å². The molecule has 2 rings (SSSR count). The Labute approximate surface area is 145 Å². The summed E-state index contributed by atoms with van der Waals surface area (Å²) in [7, 11) is 1.36. The Morgan fingerprint density at radius 2 is 1.76 bits per heavy atom. The van der Waals surface area contributed by atoms with Crippen molar-refractivity contribution in [2.24, 2.45) is 0 Å². The van der Waals surface area contributed by atoms with Crippen molar-refractivity contribution in [1.82, 2.24) is 0 Å². The van der Waals surface area contributed by atoms with E-state index in [1.807, 2.05) is 32.0 Å². The van der Waals surface area contributed by atoms with E-state index in [0.29, 0.717) is 5.56 Å². The van der Waals surface area contributed by atoms with E-state index in [2.05, 4.69) is 10.1 Å². The average molecular weight is 347 g/mol. The van der Waals surface area contributed by atoms with Gasteiger partial charge in [-0.25, -0.2) is 0 Å². The molecule has 2 aromatic carbocycles. The van der Waals surface area contributed by atoms with Crippen LogP contribution in [0.25, 0.3) is 6.08 Å². The second kappa shape index (κ2) is 8.28. The highest BCUT2D eigenvalue weighted by Gasteiger charge is 2.14. The summed E-state index contributed by atoms with van der Waals surface area (Å²) in [6, 6.07) is 10.4. The van der Waals surface area contributed by atoms with Crippen molar-refractivity contribution in [3.8, 4) is 11.5 Å². The molecule has 0 heterocycles. The van der Waals surface area contributed by atoms with Crippen LogP contribution in [0.3, 0.4) is 0 Å². The molecule has 0 spiro atoms. The zero-order chi connectivity index (χ0) is 18.4. The molecule has 0 aliphatic rings. The zero-order valence-corrected chi connectivity index (χ0v) is 14.2. The fourth-order valence-corrected chi connectivity index (χ4v) is 2.38. The Kier molecular flexibility index (Phi) is 6.11. The Balaban J connectivity index is 2.22. The molecule has 0 atom stereocenters. The molecule has 0 aliphatic carbocycles. The number of hydrogen-bond donors (Lipinski definition) is 1. The van der Waals surface area contributed by atoms with Crippen LogP contribution in [0.2, 0.25) is 0 Å². The third-order valence-electron chi connectivity index (χ3n) is 3.58. The maximum absolute atomic E-state index is 12.6. The van der Waals surface area contributed by atoms with Crippen LogP contribution in [-0.4, -0.2) is 19.6 Å². The van der Waals surface area contributed by atoms with Crippen molar-refractivity contribution in [2.75, 3.05) is 12.4 Å². The number of ether oxygens (including phenoxy) is 2. The number of benzene rings is 2. The highest BCUT2D eigenvalue weighted by molar-refractivity contribution is 6.03. The number of anilines is 1. The van der Waals surface area contributed by atoms with E-state index < -0.39 is 6.61 Å². The SMILES string of the molecule is COc1cccc(/C=C/C(=O)Nc2c(C)cccc2C)c1OC(F)F. The quantitative estimate of drug-likeness (QED) is 0.779. The number of para-hydroxylation sites is 2. The van der Waals surface area contributed by atoms with Crippen molar-refractivity contribution in [2.45, 2.75) is 20.5 Å². The first-order chi connectivity index (χ1) is 11.9. The van der Waals surface area contributed by atoms with Crippen molar-refractivity contribution in [3.05, 3.63) is 59.2 Å². The Hall–Kier alpha value is -2.89. The summed E-state index contributed by atoms with van der Waals surface area (Å²) in [6.45, 7) is 0.790. The number of rotatable bonds is 6. The zero-order valence-electron chi connectivity index (χ0n) is 14.2. The summed E-state index contributed by atoms with van der Waals surface area (Å²) >= 11 is 0. The summed E-state index contributed by atoms with van der Waals surface area (Å²) in [5.74, 6) is -0.322. The van der Waals surface area contributed by atoms with Gasteiger partial charge in [-0.05, 0) is 37.1 Å². The molecule has 0 fully saturated rings. The minimum atomic E-state index is -2.99. The van der Waals surface area contributed by atoms with Gasteiger partial charge >= 0.3 is 6.61 Å². The fourth-order valence-electron chi connectivity index (χ4n) is 2.38. The smallest absolute Gasteiger partial charge is 0.387 e. The molecule has 0 aromatic heterocycles. The number of halogens is 2. The first-order valence-corrected chi connectivity index (χ1v) is 7.59. The topological polar surface area (TPSA) is 47.6 Å². The molecule has 6 heteroatoms. The Morgan fingerprint density at radius 1 is 1.12 bits per heavy atom. The van der Waals surface area contributed by atoms with Gasteiger partial charge in [0.25, 0.3) is 0 Å². The van der Waals surface area contributed by atoms with Gasteiger partial charge in [0.2, 0.25) is 5.91 Å². The molecule has 1 amide bonds. The van der Waals surface area contributed by atoms with Gasteiger partial charge in [-0.3, -0.25) is 4.79 Å². The Morgan fingerprint density at radius 3 is 2.36 bits per heavy atom. The number of hydrogen-bond acceptors (Lipinski definition) is 3. The lowest BCUT2D eigenvalue weighted by atomic mass is 10.1. The molecule has 1 N–H and O–H groups in total. The van der Waals surface area contributed by atoms with Crippen LogP contribution < -0.4 is 14.8 Å². The number of nitrogens with one attached hydrogen (secondary N) is 1. The highest BCUT2D eigenvalue weighted by Crippen LogP contribution is 2.33. The van der Waals surface area contributed by atoms with E-state index in [4.69, 9.17) is 4.74 Å². The molecular formula is C19H19F2NO3. The minimum Gasteiger partial charge on any atom is -0.493 e. The highest BCUT2D eigenvalue weighted by atomic mass is 19.3. The number of carbonyl (C=O) groups excluding carboxylic acids is 1. The normalized spacial score (nSPS) is 11.0. The molecule has 2 aromatic rings. The second-order valence-electron chi connectivity index (χ2n) is 5.35. The molecule has 0 bridgehead atoms. The maximum Gasteiger partial charge on any atom is 0.387 e. The summed E-state index contributed by atoms with van der Waals surface area (Å²) < 4.78 is 34.8. The standard InChI is InChI=1S/C19H19F2NO3/c1-12-6-4-7-13(2)17(12)22-16(23)11-10-14-8-5-9-15(24-3)18(14)25-19(20)21/h4-11,19H,1-3H3,(H,22,23)/b11-10+. The van der Waals surface area contributed by atoms with Crippen LogP contribution in [-0.2, 0) is 4.79 Å². The van der Waals surface area contributed by atoms with Gasteiger partial charge in [0.1, 0.15) is 0 Å². The molecule has 25 heavy (non-hydrogen) atoms. The van der Waals surface area contributed by atoms with Gasteiger partial charge in [-0.1, -0.05) is 30.3 Å². The van der Waals surface area contributed by atoms with E-state index in [1.54, 1.807) is 12.1 Å². The maximum atomic E-state index is 12.6. The second-order valence-corrected chi connectivity index (χ2v) is 5.35. The largest absolute Gasteiger partial charge is 0.493 e. The molecular weight excluding hydrogens is 328 g/mol. The summed E-state index contributed by atoms with van der Waals surface area (Å²) in [6.07, 6.45) is 2.67. The molecule has 0 unspecified atom stereocenters. The number of aryl methyl sites for hydroxylation is 2. The van der Waals surface area contributed by atoms with E-state index >= 15 is 0 Å². The predicted molar refractivity (Wildman–Crippen MR) is 93.2 cm³/mol. The van der Waals surface area contributed by atoms with Gasteiger partial charge < -0.3 is 14.8 Å². The monoisotopic (exact) mass is 347 g/mol. The number of alkyl halides is 2. The van der Waals surface area contributed by atoms with Crippen LogP contribution in [0.15, 0.2) is 42.5 Å². The van der Waals surface area contributed by atoms with Gasteiger partial charge in [0, 0.05) is 17.3 Å². The van der Waals surface area contributed by atoms with E-state index in [9.17, 15) is 13.6 Å². The number of methoxy groups -OCH3 is 1. The lowest BCUT2D eigenvalue weighted by Crippen LogP contribution is -2.10. The van der Waals surface area contributed by atoms with Crippen molar-refractivity contribution >= 4 is 17.7 Å². The van der Waals surface area contributed by atoms with Crippen molar-refractivity contribution in [3.63, 3.8) is 0 Å². The van der Waals surface area contributed by atoms with E-state index in [0.717, 1.165) is 16.8 Å². The molecule has 0 radical (unpaired) electrons. The summed E-state index contributed by atoms with van der Waals surface area (Å²) in [5.41, 5.74) is 2.91. The van der Waals surface area contributed by atoms with Crippen LogP contribution in [0.1, 0.15) is 16.7 Å².